The Bertz CT molecular complexity index is 528. The lowest BCUT2D eigenvalue weighted by molar-refractivity contribution is -0.136. The Morgan fingerprint density at radius 3 is 2.36 bits per heavy atom. The number of carboxylic acids is 1. The van der Waals surface area contributed by atoms with Gasteiger partial charge in [0.05, 0.1) is 6.42 Å². The van der Waals surface area contributed by atoms with E-state index in [4.69, 9.17) is 5.11 Å². The van der Waals surface area contributed by atoms with Crippen molar-refractivity contribution < 1.29 is 19.5 Å². The molecule has 0 saturated carbocycles. The van der Waals surface area contributed by atoms with Crippen LogP contribution < -0.4 is 16.0 Å². The average molecular weight is 307 g/mol. The van der Waals surface area contributed by atoms with Gasteiger partial charge >= 0.3 is 12.0 Å². The highest BCUT2D eigenvalue weighted by Gasteiger charge is 2.09. The zero-order chi connectivity index (χ0) is 16.5. The summed E-state index contributed by atoms with van der Waals surface area (Å²) in [7, 11) is 0. The molecule has 0 heterocycles. The van der Waals surface area contributed by atoms with Crippen molar-refractivity contribution in [2.24, 2.45) is 0 Å². The Balaban J connectivity index is 2.49. The van der Waals surface area contributed by atoms with Crippen molar-refractivity contribution in [2.75, 3.05) is 11.9 Å². The number of hydrogen-bond donors (Lipinski definition) is 4. The number of amides is 3. The lowest BCUT2D eigenvalue weighted by Crippen LogP contribution is -2.32. The maximum Gasteiger partial charge on any atom is 0.319 e. The van der Waals surface area contributed by atoms with Gasteiger partial charge in [-0.3, -0.25) is 9.59 Å². The van der Waals surface area contributed by atoms with Gasteiger partial charge in [-0.25, -0.2) is 4.79 Å². The zero-order valence-electron chi connectivity index (χ0n) is 12.7. The van der Waals surface area contributed by atoms with Gasteiger partial charge in [0.15, 0.2) is 0 Å². The second-order valence-corrected chi connectivity index (χ2v) is 4.88. The number of carbonyl (C=O) groups is 3. The van der Waals surface area contributed by atoms with Crippen LogP contribution in [-0.4, -0.2) is 35.6 Å². The number of benzene rings is 1. The summed E-state index contributed by atoms with van der Waals surface area (Å²) in [6, 6.07) is 6.07. The third-order valence-corrected chi connectivity index (χ3v) is 3.02. The van der Waals surface area contributed by atoms with E-state index in [1.807, 2.05) is 13.8 Å². The van der Waals surface area contributed by atoms with Gasteiger partial charge in [-0.05, 0) is 37.6 Å². The molecule has 1 atom stereocenters. The highest BCUT2D eigenvalue weighted by atomic mass is 16.4. The summed E-state index contributed by atoms with van der Waals surface area (Å²) in [5, 5.41) is 16.3. The highest BCUT2D eigenvalue weighted by Crippen LogP contribution is 2.09. The quantitative estimate of drug-likeness (QED) is 0.616. The van der Waals surface area contributed by atoms with Gasteiger partial charge in [0, 0.05) is 23.8 Å². The molecule has 0 aliphatic heterocycles. The van der Waals surface area contributed by atoms with Crippen LogP contribution in [0.4, 0.5) is 10.5 Å². The smallest absolute Gasteiger partial charge is 0.319 e. The third kappa shape index (κ3) is 6.25. The topological polar surface area (TPSA) is 108 Å². The standard InChI is InChI=1S/C15H21N3O4/c1-3-10(2)17-14(21)11-4-6-12(7-5-11)18-15(22)16-9-8-13(19)20/h4-7,10H,3,8-9H2,1-2H3,(H,17,21)(H,19,20)(H2,16,18,22). The first-order valence-corrected chi connectivity index (χ1v) is 7.10. The number of aliphatic carboxylic acids is 1. The fourth-order valence-corrected chi connectivity index (χ4v) is 1.57. The molecule has 1 aromatic carbocycles. The van der Waals surface area contributed by atoms with Crippen LogP contribution in [0.1, 0.15) is 37.0 Å². The number of carbonyl (C=O) groups excluding carboxylic acids is 2. The summed E-state index contributed by atoms with van der Waals surface area (Å²) in [4.78, 5) is 33.7. The van der Waals surface area contributed by atoms with E-state index in [-0.39, 0.29) is 24.9 Å². The molecule has 0 aromatic heterocycles. The summed E-state index contributed by atoms with van der Waals surface area (Å²) in [6.07, 6.45) is 0.712. The number of anilines is 1. The zero-order valence-corrected chi connectivity index (χ0v) is 12.7. The number of carboxylic acid groups (broad SMARTS) is 1. The van der Waals surface area contributed by atoms with Crippen molar-refractivity contribution in [3.05, 3.63) is 29.8 Å². The van der Waals surface area contributed by atoms with Crippen LogP contribution in [0, 0.1) is 0 Å². The van der Waals surface area contributed by atoms with Crippen LogP contribution in [0.3, 0.4) is 0 Å². The monoisotopic (exact) mass is 307 g/mol. The fraction of sp³-hybridized carbons (Fsp3) is 0.400. The predicted molar refractivity (Wildman–Crippen MR) is 82.9 cm³/mol. The highest BCUT2D eigenvalue weighted by molar-refractivity contribution is 5.95. The molecular weight excluding hydrogens is 286 g/mol. The second-order valence-electron chi connectivity index (χ2n) is 4.88. The van der Waals surface area contributed by atoms with E-state index in [0.29, 0.717) is 11.3 Å². The molecule has 1 aromatic rings. The van der Waals surface area contributed by atoms with Gasteiger partial charge in [0.2, 0.25) is 0 Å². The fourth-order valence-electron chi connectivity index (χ4n) is 1.57. The summed E-state index contributed by atoms with van der Waals surface area (Å²) in [6.45, 7) is 3.97. The Labute approximate surface area is 129 Å². The van der Waals surface area contributed by atoms with Crippen molar-refractivity contribution in [3.8, 4) is 0 Å². The van der Waals surface area contributed by atoms with E-state index < -0.39 is 12.0 Å². The molecule has 3 amide bonds. The van der Waals surface area contributed by atoms with Crippen LogP contribution in [0.5, 0.6) is 0 Å². The van der Waals surface area contributed by atoms with Gasteiger partial charge < -0.3 is 21.1 Å². The summed E-state index contributed by atoms with van der Waals surface area (Å²) in [5.74, 6) is -1.14. The van der Waals surface area contributed by atoms with Crippen molar-refractivity contribution in [1.82, 2.24) is 10.6 Å². The molecule has 0 fully saturated rings. The molecular formula is C15H21N3O4. The average Bonchev–Trinajstić information content (AvgIpc) is 2.47. The maximum absolute atomic E-state index is 11.9. The van der Waals surface area contributed by atoms with Gasteiger partial charge in [0.1, 0.15) is 0 Å². The van der Waals surface area contributed by atoms with Crippen LogP contribution in [-0.2, 0) is 4.79 Å². The number of rotatable bonds is 7. The first-order valence-electron chi connectivity index (χ1n) is 7.10. The molecule has 0 radical (unpaired) electrons. The molecule has 0 aliphatic carbocycles. The molecule has 120 valence electrons. The SMILES string of the molecule is CCC(C)NC(=O)c1ccc(NC(=O)NCCC(=O)O)cc1. The lowest BCUT2D eigenvalue weighted by Gasteiger charge is -2.12. The maximum atomic E-state index is 11.9. The van der Waals surface area contributed by atoms with Crippen molar-refractivity contribution in [3.63, 3.8) is 0 Å². The van der Waals surface area contributed by atoms with Gasteiger partial charge in [-0.15, -0.1) is 0 Å². The Morgan fingerprint density at radius 2 is 1.82 bits per heavy atom. The second kappa shape index (κ2) is 8.66. The number of nitrogens with one attached hydrogen (secondary N) is 3. The first kappa shape index (κ1) is 17.5. The van der Waals surface area contributed by atoms with Crippen LogP contribution in [0.2, 0.25) is 0 Å². The van der Waals surface area contributed by atoms with Crippen LogP contribution in [0.15, 0.2) is 24.3 Å². The third-order valence-electron chi connectivity index (χ3n) is 3.02. The molecule has 7 heteroatoms. The van der Waals surface area contributed by atoms with Crippen molar-refractivity contribution >= 4 is 23.6 Å². The van der Waals surface area contributed by atoms with E-state index in [2.05, 4.69) is 16.0 Å². The van der Waals surface area contributed by atoms with E-state index in [0.717, 1.165) is 6.42 Å². The van der Waals surface area contributed by atoms with Gasteiger partial charge in [-0.2, -0.15) is 0 Å². The summed E-state index contributed by atoms with van der Waals surface area (Å²) in [5.41, 5.74) is 1.03. The Kier molecular flexibility index (Phi) is 6.88. The lowest BCUT2D eigenvalue weighted by atomic mass is 10.1. The predicted octanol–water partition coefficient (Wildman–Crippen LogP) is 1.81. The van der Waals surface area contributed by atoms with E-state index in [1.165, 1.54) is 0 Å². The van der Waals surface area contributed by atoms with Gasteiger partial charge in [-0.1, -0.05) is 6.92 Å². The Hall–Kier alpha value is -2.57. The van der Waals surface area contributed by atoms with Crippen LogP contribution in [0.25, 0.3) is 0 Å². The minimum Gasteiger partial charge on any atom is -0.481 e. The van der Waals surface area contributed by atoms with E-state index >= 15 is 0 Å². The molecule has 0 saturated heterocycles. The van der Waals surface area contributed by atoms with E-state index in [1.54, 1.807) is 24.3 Å². The molecule has 1 unspecified atom stereocenters. The molecule has 4 N–H and O–H groups in total. The molecule has 22 heavy (non-hydrogen) atoms. The molecule has 0 bridgehead atoms. The number of urea groups is 1. The Morgan fingerprint density at radius 1 is 1.18 bits per heavy atom. The van der Waals surface area contributed by atoms with Crippen molar-refractivity contribution in [1.29, 1.82) is 0 Å². The minimum atomic E-state index is -0.975. The van der Waals surface area contributed by atoms with Crippen LogP contribution >= 0.6 is 0 Å². The van der Waals surface area contributed by atoms with Gasteiger partial charge in [0.25, 0.3) is 5.91 Å². The summed E-state index contributed by atoms with van der Waals surface area (Å²) < 4.78 is 0. The molecule has 0 aliphatic rings. The minimum absolute atomic E-state index is 0.0521. The first-order chi connectivity index (χ1) is 10.4. The number of hydrogen-bond acceptors (Lipinski definition) is 3. The molecule has 7 nitrogen and oxygen atoms in total. The van der Waals surface area contributed by atoms with E-state index in [9.17, 15) is 14.4 Å². The van der Waals surface area contributed by atoms with Crippen molar-refractivity contribution in [2.45, 2.75) is 32.7 Å². The normalized spacial score (nSPS) is 11.4. The largest absolute Gasteiger partial charge is 0.481 e. The molecule has 0 spiro atoms. The summed E-state index contributed by atoms with van der Waals surface area (Å²) >= 11 is 0. The molecule has 1 rings (SSSR count).